The Balaban J connectivity index is 1.92. The van der Waals surface area contributed by atoms with E-state index in [9.17, 15) is 4.79 Å². The number of hydrogen-bond donors (Lipinski definition) is 0. The van der Waals surface area contributed by atoms with Crippen molar-refractivity contribution >= 4 is 40.5 Å². The molecule has 3 rings (SSSR count). The number of aliphatic imine (C=N–C) groups is 1. The zero-order chi connectivity index (χ0) is 18.5. The van der Waals surface area contributed by atoms with Gasteiger partial charge in [0.25, 0.3) is 0 Å². The summed E-state index contributed by atoms with van der Waals surface area (Å²) in [7, 11) is 0. The van der Waals surface area contributed by atoms with Gasteiger partial charge in [-0.25, -0.2) is 0 Å². The van der Waals surface area contributed by atoms with Gasteiger partial charge >= 0.3 is 0 Å². The molecule has 0 aliphatic carbocycles. The maximum Gasteiger partial charge on any atom is 0.182 e. The van der Waals surface area contributed by atoms with Gasteiger partial charge in [0.15, 0.2) is 5.78 Å². The number of rotatable bonds is 4. The second kappa shape index (κ2) is 8.70. The van der Waals surface area contributed by atoms with E-state index in [-0.39, 0.29) is 12.3 Å². The van der Waals surface area contributed by atoms with Crippen LogP contribution in [0.25, 0.3) is 0 Å². The molecular weight excluding hydrogens is 367 g/mol. The summed E-state index contributed by atoms with van der Waals surface area (Å²) < 4.78 is 0. The fourth-order valence-corrected chi connectivity index (χ4v) is 3.46. The molecule has 0 fully saturated rings. The van der Waals surface area contributed by atoms with Crippen molar-refractivity contribution in [2.24, 2.45) is 4.99 Å². The molecular formula is C21H22Cl2N2O. The van der Waals surface area contributed by atoms with Crippen molar-refractivity contribution in [3.63, 3.8) is 0 Å². The Morgan fingerprint density at radius 2 is 1.88 bits per heavy atom. The molecule has 2 aromatic carbocycles. The first-order valence-electron chi connectivity index (χ1n) is 8.91. The Morgan fingerprint density at radius 3 is 2.65 bits per heavy atom. The topological polar surface area (TPSA) is 32.7 Å². The van der Waals surface area contributed by atoms with Crippen LogP contribution in [0, 0.1) is 6.92 Å². The van der Waals surface area contributed by atoms with Gasteiger partial charge in [0, 0.05) is 24.2 Å². The van der Waals surface area contributed by atoms with Crippen LogP contribution in [0.15, 0.2) is 47.5 Å². The van der Waals surface area contributed by atoms with Gasteiger partial charge in [-0.3, -0.25) is 9.79 Å². The molecule has 0 N–H and O–H groups in total. The molecule has 1 aliphatic heterocycles. The number of aryl methyl sites for hydroxylation is 1. The Kier molecular flexibility index (Phi) is 6.33. The number of nitrogens with zero attached hydrogens (tertiary/aromatic N) is 2. The van der Waals surface area contributed by atoms with Crippen LogP contribution in [-0.4, -0.2) is 24.7 Å². The summed E-state index contributed by atoms with van der Waals surface area (Å²) in [6, 6.07) is 13.1. The number of anilines is 1. The number of carbonyl (C=O) groups is 1. The Morgan fingerprint density at radius 1 is 1.08 bits per heavy atom. The van der Waals surface area contributed by atoms with E-state index >= 15 is 0 Å². The summed E-state index contributed by atoms with van der Waals surface area (Å²) in [4.78, 5) is 19.8. The second-order valence-corrected chi connectivity index (χ2v) is 7.35. The Bertz CT molecular complexity index is 833. The predicted octanol–water partition coefficient (Wildman–Crippen LogP) is 5.96. The third kappa shape index (κ3) is 4.46. The summed E-state index contributed by atoms with van der Waals surface area (Å²) in [5, 5.41) is 0.846. The lowest BCUT2D eigenvalue weighted by molar-refractivity contribution is 0.100. The number of hydrogen-bond acceptors (Lipinski definition) is 3. The van der Waals surface area contributed by atoms with Gasteiger partial charge in [-0.15, -0.1) is 0 Å². The van der Waals surface area contributed by atoms with Crippen molar-refractivity contribution in [3.05, 3.63) is 63.6 Å². The van der Waals surface area contributed by atoms with Crippen molar-refractivity contribution in [1.29, 1.82) is 0 Å². The number of benzene rings is 2. The molecule has 26 heavy (non-hydrogen) atoms. The predicted molar refractivity (Wildman–Crippen MR) is 110 cm³/mol. The van der Waals surface area contributed by atoms with Gasteiger partial charge in [0.2, 0.25) is 0 Å². The van der Waals surface area contributed by atoms with Gasteiger partial charge in [-0.05, 0) is 49.6 Å². The first kappa shape index (κ1) is 18.9. The number of para-hydroxylation sites is 1. The molecule has 0 bridgehead atoms. The lowest BCUT2D eigenvalue weighted by Gasteiger charge is -2.27. The van der Waals surface area contributed by atoms with Crippen molar-refractivity contribution in [3.8, 4) is 0 Å². The molecule has 0 atom stereocenters. The molecule has 0 radical (unpaired) electrons. The van der Waals surface area contributed by atoms with Crippen LogP contribution in [0.3, 0.4) is 0 Å². The van der Waals surface area contributed by atoms with Crippen LogP contribution in [0.1, 0.15) is 41.6 Å². The van der Waals surface area contributed by atoms with Gasteiger partial charge in [0.05, 0.1) is 16.6 Å². The average molecular weight is 389 g/mol. The third-order valence-electron chi connectivity index (χ3n) is 4.61. The molecule has 1 aliphatic rings. The molecule has 0 saturated carbocycles. The van der Waals surface area contributed by atoms with Crippen molar-refractivity contribution in [2.45, 2.75) is 32.6 Å². The zero-order valence-electron chi connectivity index (χ0n) is 14.8. The number of Topliss-reactive ketones (excluding diaryl/α,β-unsaturated/α-hetero) is 1. The summed E-state index contributed by atoms with van der Waals surface area (Å²) in [6.07, 6.45) is 4.27. The first-order valence-corrected chi connectivity index (χ1v) is 9.66. The lowest BCUT2D eigenvalue weighted by Crippen LogP contribution is -2.36. The monoisotopic (exact) mass is 388 g/mol. The largest absolute Gasteiger partial charge is 0.322 e. The fourth-order valence-electron chi connectivity index (χ4n) is 3.17. The van der Waals surface area contributed by atoms with Crippen molar-refractivity contribution in [1.82, 2.24) is 0 Å². The molecule has 0 amide bonds. The standard InChI is InChI=1S/C21H22Cl2N2O/c1-15-7-4-5-8-19(15)25(21-9-3-2-6-12-24-21)14-20(26)16-10-11-17(22)18(23)13-16/h4-5,7-8,10-11,13H,2-3,6,9,12,14H2,1H3. The van der Waals surface area contributed by atoms with Crippen LogP contribution < -0.4 is 4.90 Å². The molecule has 5 heteroatoms. The van der Waals surface area contributed by atoms with E-state index < -0.39 is 0 Å². The molecule has 2 aromatic rings. The van der Waals surface area contributed by atoms with E-state index in [2.05, 4.69) is 17.9 Å². The molecule has 0 spiro atoms. The van der Waals surface area contributed by atoms with E-state index in [1.54, 1.807) is 18.2 Å². The fraction of sp³-hybridized carbons (Fsp3) is 0.333. The summed E-state index contributed by atoms with van der Waals surface area (Å²) in [5.74, 6) is 0.990. The molecule has 3 nitrogen and oxygen atoms in total. The van der Waals surface area contributed by atoms with E-state index in [1.807, 2.05) is 18.2 Å². The van der Waals surface area contributed by atoms with Crippen molar-refractivity contribution in [2.75, 3.05) is 18.0 Å². The van der Waals surface area contributed by atoms with Gasteiger partial charge < -0.3 is 4.90 Å². The lowest BCUT2D eigenvalue weighted by atomic mass is 10.1. The van der Waals surface area contributed by atoms with E-state index in [0.717, 1.165) is 42.9 Å². The quantitative estimate of drug-likeness (QED) is 0.604. The number of ketones is 1. The highest BCUT2D eigenvalue weighted by Gasteiger charge is 2.21. The smallest absolute Gasteiger partial charge is 0.182 e. The number of carbonyl (C=O) groups excluding carboxylic acids is 1. The molecule has 0 aromatic heterocycles. The van der Waals surface area contributed by atoms with Crippen LogP contribution in [0.2, 0.25) is 10.0 Å². The van der Waals surface area contributed by atoms with E-state index in [1.165, 1.54) is 6.42 Å². The molecule has 0 unspecified atom stereocenters. The highest BCUT2D eigenvalue weighted by Crippen LogP contribution is 2.26. The van der Waals surface area contributed by atoms with E-state index in [0.29, 0.717) is 15.6 Å². The molecule has 136 valence electrons. The van der Waals surface area contributed by atoms with Crippen molar-refractivity contribution < 1.29 is 4.79 Å². The van der Waals surface area contributed by atoms with Crippen LogP contribution in [0.4, 0.5) is 5.69 Å². The van der Waals surface area contributed by atoms with Gasteiger partial charge in [-0.2, -0.15) is 0 Å². The highest BCUT2D eigenvalue weighted by molar-refractivity contribution is 6.42. The van der Waals surface area contributed by atoms with Crippen LogP contribution >= 0.6 is 23.2 Å². The highest BCUT2D eigenvalue weighted by atomic mass is 35.5. The van der Waals surface area contributed by atoms with Gasteiger partial charge in [-0.1, -0.05) is 47.8 Å². The van der Waals surface area contributed by atoms with Gasteiger partial charge in [0.1, 0.15) is 5.84 Å². The normalized spacial score (nSPS) is 14.5. The minimum absolute atomic E-state index is 0.00114. The second-order valence-electron chi connectivity index (χ2n) is 6.53. The third-order valence-corrected chi connectivity index (χ3v) is 5.35. The molecule has 1 heterocycles. The number of halogens is 2. The minimum atomic E-state index is -0.00114. The summed E-state index contributed by atoms with van der Waals surface area (Å²) in [6.45, 7) is 3.11. The first-order chi connectivity index (χ1) is 12.6. The Labute approximate surface area is 164 Å². The Hall–Kier alpha value is -1.84. The van der Waals surface area contributed by atoms with Crippen LogP contribution in [0.5, 0.6) is 0 Å². The summed E-state index contributed by atoms with van der Waals surface area (Å²) in [5.41, 5.74) is 2.72. The molecule has 0 saturated heterocycles. The maximum absolute atomic E-state index is 12.9. The zero-order valence-corrected chi connectivity index (χ0v) is 16.4. The summed E-state index contributed by atoms with van der Waals surface area (Å²) >= 11 is 12.1. The number of amidine groups is 1. The SMILES string of the molecule is Cc1ccccc1N(CC(=O)c1ccc(Cl)c(Cl)c1)C1=NCCCCC1. The maximum atomic E-state index is 12.9. The average Bonchev–Trinajstić information content (AvgIpc) is 2.92. The van der Waals surface area contributed by atoms with Crippen LogP contribution in [-0.2, 0) is 0 Å². The minimum Gasteiger partial charge on any atom is -0.322 e. The van der Waals surface area contributed by atoms with E-state index in [4.69, 9.17) is 28.2 Å².